The number of aliphatic hydroxyl groups excluding tert-OH is 2. The van der Waals surface area contributed by atoms with E-state index in [1.54, 1.807) is 6.08 Å². The Bertz CT molecular complexity index is 1340. The van der Waals surface area contributed by atoms with Gasteiger partial charge >= 0.3 is 5.97 Å². The Hall–Kier alpha value is -1.92. The number of esters is 1. The van der Waals surface area contributed by atoms with E-state index in [2.05, 4.69) is 43.5 Å². The third kappa shape index (κ3) is 69.1. The minimum absolute atomic E-state index is 0.0151. The van der Waals surface area contributed by atoms with Crippen LogP contribution in [0.5, 0.6) is 0 Å². The molecule has 1 amide bonds. The summed E-state index contributed by atoms with van der Waals surface area (Å²) in [6.45, 7) is 4.94. The highest BCUT2D eigenvalue weighted by atomic mass is 16.5. The highest BCUT2D eigenvalue weighted by Crippen LogP contribution is 2.19. The lowest BCUT2D eigenvalue weighted by molar-refractivity contribution is -0.143. The van der Waals surface area contributed by atoms with Gasteiger partial charge in [-0.2, -0.15) is 0 Å². The van der Waals surface area contributed by atoms with Gasteiger partial charge in [0.05, 0.1) is 25.4 Å². The van der Waals surface area contributed by atoms with Gasteiger partial charge in [-0.05, 0) is 83.5 Å². The summed E-state index contributed by atoms with van der Waals surface area (Å²) in [6, 6.07) is -0.627. The number of carbonyl (C=O) groups is 2. The molecule has 0 heterocycles. The van der Waals surface area contributed by atoms with E-state index in [0.717, 1.165) is 44.9 Å². The Balaban J connectivity index is 3.37. The molecule has 6 heteroatoms. The average molecular weight is 1170 g/mol. The maximum atomic E-state index is 12.5. The van der Waals surface area contributed by atoms with Crippen LogP contribution in [0.25, 0.3) is 0 Å². The van der Waals surface area contributed by atoms with Gasteiger partial charge in [0.2, 0.25) is 5.91 Å². The first-order valence-electron chi connectivity index (χ1n) is 37.8. The van der Waals surface area contributed by atoms with Gasteiger partial charge in [0.25, 0.3) is 0 Å². The zero-order valence-corrected chi connectivity index (χ0v) is 56.2. The number of hydrogen-bond acceptors (Lipinski definition) is 5. The van der Waals surface area contributed by atoms with Crippen LogP contribution in [-0.4, -0.2) is 47.4 Å². The Labute approximate surface area is 519 Å². The van der Waals surface area contributed by atoms with Gasteiger partial charge in [0.1, 0.15) is 0 Å². The molecule has 0 rings (SSSR count). The van der Waals surface area contributed by atoms with Crippen molar-refractivity contribution in [3.8, 4) is 0 Å². The number of nitrogens with one attached hydrogen (secondary N) is 1. The van der Waals surface area contributed by atoms with Gasteiger partial charge in [0, 0.05) is 12.8 Å². The van der Waals surface area contributed by atoms with Gasteiger partial charge in [-0.15, -0.1) is 0 Å². The topological polar surface area (TPSA) is 95.9 Å². The molecule has 2 atom stereocenters. The minimum atomic E-state index is -0.843. The summed E-state index contributed by atoms with van der Waals surface area (Å²) in [7, 11) is 0. The first kappa shape index (κ1) is 81.1. The van der Waals surface area contributed by atoms with Crippen molar-refractivity contribution >= 4 is 11.9 Å². The fourth-order valence-electron chi connectivity index (χ4n) is 11.9. The molecule has 83 heavy (non-hydrogen) atoms. The van der Waals surface area contributed by atoms with Gasteiger partial charge in [0.15, 0.2) is 0 Å². The predicted octanol–water partition coefficient (Wildman–Crippen LogP) is 24.7. The van der Waals surface area contributed by atoms with Gasteiger partial charge in [-0.25, -0.2) is 0 Å². The third-order valence-electron chi connectivity index (χ3n) is 17.6. The van der Waals surface area contributed by atoms with E-state index in [-0.39, 0.29) is 18.5 Å². The van der Waals surface area contributed by atoms with Crippen molar-refractivity contribution < 1.29 is 24.5 Å². The molecule has 0 aromatic carbocycles. The second kappa shape index (κ2) is 72.6. The monoisotopic (exact) mass is 1170 g/mol. The highest BCUT2D eigenvalue weighted by Gasteiger charge is 2.18. The van der Waals surface area contributed by atoms with Crippen LogP contribution >= 0.6 is 0 Å². The van der Waals surface area contributed by atoms with Gasteiger partial charge in [-0.1, -0.05) is 359 Å². The number of ether oxygens (including phenoxy) is 1. The van der Waals surface area contributed by atoms with Crippen molar-refractivity contribution in [1.82, 2.24) is 5.32 Å². The number of carbonyl (C=O) groups excluding carboxylic acids is 2. The number of amides is 1. The molecule has 3 N–H and O–H groups in total. The molecule has 6 nitrogen and oxygen atoms in total. The van der Waals surface area contributed by atoms with Crippen LogP contribution in [-0.2, 0) is 14.3 Å². The average Bonchev–Trinajstić information content (AvgIpc) is 3.48. The second-order valence-electron chi connectivity index (χ2n) is 26.0. The molecule has 0 saturated carbocycles. The summed E-state index contributed by atoms with van der Waals surface area (Å²) in [6.07, 6.45) is 93.9. The number of hydrogen-bond donors (Lipinski definition) is 3. The Morgan fingerprint density at radius 1 is 0.325 bits per heavy atom. The molecular formula is C77H147NO5. The molecule has 0 aliphatic rings. The van der Waals surface area contributed by atoms with Crippen LogP contribution in [0.3, 0.4) is 0 Å². The van der Waals surface area contributed by atoms with E-state index in [1.165, 1.54) is 347 Å². The van der Waals surface area contributed by atoms with E-state index < -0.39 is 12.1 Å². The lowest BCUT2D eigenvalue weighted by Gasteiger charge is -2.20. The quantitative estimate of drug-likeness (QED) is 0.0320. The fourth-order valence-corrected chi connectivity index (χ4v) is 11.9. The summed E-state index contributed by atoms with van der Waals surface area (Å²) >= 11 is 0. The van der Waals surface area contributed by atoms with Gasteiger partial charge in [-0.3, -0.25) is 9.59 Å². The van der Waals surface area contributed by atoms with Crippen LogP contribution in [0.1, 0.15) is 418 Å². The summed E-state index contributed by atoms with van der Waals surface area (Å²) in [5.74, 6) is -0.0477. The highest BCUT2D eigenvalue weighted by molar-refractivity contribution is 5.76. The number of rotatable bonds is 71. The summed E-state index contributed by atoms with van der Waals surface area (Å²) < 4.78 is 5.51. The SMILES string of the molecule is CCCCCCCCC/C=C\CCCCCCCCCC(=O)OCCCCCCCCCCCCCC/C=C\CCCCCCCCCCCCCCCCCC(=O)NC(CO)C(O)/C=C/CCCCCCCCCCCCCCCCC. The Morgan fingerprint density at radius 2 is 0.566 bits per heavy atom. The summed E-state index contributed by atoms with van der Waals surface area (Å²) in [4.78, 5) is 24.6. The van der Waals surface area contributed by atoms with E-state index in [0.29, 0.717) is 19.4 Å². The van der Waals surface area contributed by atoms with Crippen LogP contribution < -0.4 is 5.32 Å². The molecular weight excluding hydrogens is 1020 g/mol. The second-order valence-corrected chi connectivity index (χ2v) is 26.0. The van der Waals surface area contributed by atoms with Crippen molar-refractivity contribution in [3.63, 3.8) is 0 Å². The maximum Gasteiger partial charge on any atom is 0.305 e. The third-order valence-corrected chi connectivity index (χ3v) is 17.6. The van der Waals surface area contributed by atoms with E-state index in [4.69, 9.17) is 4.74 Å². The smallest absolute Gasteiger partial charge is 0.305 e. The summed E-state index contributed by atoms with van der Waals surface area (Å²) in [5, 5.41) is 23.2. The van der Waals surface area contributed by atoms with Crippen LogP contribution in [0.2, 0.25) is 0 Å². The molecule has 0 spiro atoms. The lowest BCUT2D eigenvalue weighted by atomic mass is 10.0. The Kier molecular flexibility index (Phi) is 70.9. The largest absolute Gasteiger partial charge is 0.466 e. The van der Waals surface area contributed by atoms with Crippen molar-refractivity contribution in [2.24, 2.45) is 0 Å². The molecule has 0 aromatic heterocycles. The first-order chi connectivity index (χ1) is 41.0. The number of unbranched alkanes of at least 4 members (excludes halogenated alkanes) is 56. The molecule has 490 valence electrons. The molecule has 0 saturated heterocycles. The fraction of sp³-hybridized carbons (Fsp3) is 0.896. The lowest BCUT2D eigenvalue weighted by Crippen LogP contribution is -2.45. The van der Waals surface area contributed by atoms with Crippen LogP contribution in [0.4, 0.5) is 0 Å². The molecule has 0 radical (unpaired) electrons. The van der Waals surface area contributed by atoms with Crippen molar-refractivity contribution in [2.75, 3.05) is 13.2 Å². The number of aliphatic hydroxyl groups is 2. The van der Waals surface area contributed by atoms with Gasteiger partial charge < -0.3 is 20.3 Å². The summed E-state index contributed by atoms with van der Waals surface area (Å²) in [5.41, 5.74) is 0. The molecule has 0 aliphatic heterocycles. The molecule has 0 aliphatic carbocycles. The standard InChI is InChI=1S/C77H147NO5/c1-3-5-7-9-11-13-15-17-19-21-39-43-47-51-55-59-63-67-71-77(82)83-72-68-64-60-56-52-48-44-40-36-34-32-30-28-26-24-22-23-25-27-29-31-33-35-38-42-46-50-54-58-62-66-70-76(81)78-74(73-79)75(80)69-65-61-57-53-49-45-41-37-20-18-16-14-12-10-8-6-4-2/h19,21,24,26,65,69,74-75,79-80H,3-18,20,22-23,25,27-64,66-68,70-73H2,1-2H3,(H,78,81)/b21-19-,26-24-,69-65+. The zero-order valence-electron chi connectivity index (χ0n) is 56.2. The van der Waals surface area contributed by atoms with E-state index in [9.17, 15) is 19.8 Å². The van der Waals surface area contributed by atoms with E-state index in [1.807, 2.05) is 6.08 Å². The Morgan fingerprint density at radius 3 is 0.855 bits per heavy atom. The molecule has 0 fully saturated rings. The molecule has 0 aromatic rings. The predicted molar refractivity (Wildman–Crippen MR) is 366 cm³/mol. The van der Waals surface area contributed by atoms with Crippen LogP contribution in [0, 0.1) is 0 Å². The maximum absolute atomic E-state index is 12.5. The molecule has 2 unspecified atom stereocenters. The minimum Gasteiger partial charge on any atom is -0.466 e. The molecule has 0 bridgehead atoms. The van der Waals surface area contributed by atoms with E-state index >= 15 is 0 Å². The zero-order chi connectivity index (χ0) is 59.9. The van der Waals surface area contributed by atoms with Crippen molar-refractivity contribution in [3.05, 3.63) is 36.5 Å². The normalized spacial score (nSPS) is 12.7. The first-order valence-corrected chi connectivity index (χ1v) is 37.8. The van der Waals surface area contributed by atoms with Crippen molar-refractivity contribution in [2.45, 2.75) is 431 Å². The van der Waals surface area contributed by atoms with Crippen LogP contribution in [0.15, 0.2) is 36.5 Å². The van der Waals surface area contributed by atoms with Crippen molar-refractivity contribution in [1.29, 1.82) is 0 Å². The number of allylic oxidation sites excluding steroid dienone is 5.